The fraction of sp³-hybridized carbons (Fsp3) is 0.333. The second-order valence-corrected chi connectivity index (χ2v) is 5.53. The zero-order valence-corrected chi connectivity index (χ0v) is 12.3. The Morgan fingerprint density at radius 3 is 2.20 bits per heavy atom. The number of hydrogen-bond donors (Lipinski definition) is 1. The second-order valence-electron chi connectivity index (χ2n) is 5.53. The van der Waals surface area contributed by atoms with Crippen LogP contribution in [0.1, 0.15) is 27.8 Å². The van der Waals surface area contributed by atoms with E-state index in [4.69, 9.17) is 0 Å². The molecule has 0 aliphatic heterocycles. The molecule has 0 amide bonds. The van der Waals surface area contributed by atoms with Crippen molar-refractivity contribution in [1.82, 2.24) is 0 Å². The summed E-state index contributed by atoms with van der Waals surface area (Å²) in [6.07, 6.45) is 0.345. The van der Waals surface area contributed by atoms with Gasteiger partial charge >= 0.3 is 0 Å². The highest BCUT2D eigenvalue weighted by Crippen LogP contribution is 2.20. The van der Waals surface area contributed by atoms with Crippen LogP contribution in [0.3, 0.4) is 0 Å². The molecule has 0 saturated carbocycles. The molecule has 106 valence electrons. The molecule has 0 bridgehead atoms. The number of hydrogen-bond acceptors (Lipinski definition) is 1. The molecule has 2 aromatic carbocycles. The van der Waals surface area contributed by atoms with Crippen molar-refractivity contribution in [3.05, 3.63) is 70.0 Å². The molecule has 0 aromatic heterocycles. The standard InChI is InChI=1S/C18H21FO/c1-12-8-13(2)17(14(3)9-12)11-16(20)10-15-6-4-5-7-18(15)19/h4-9,16,20H,10-11H2,1-3H3. The molecule has 0 spiro atoms. The summed E-state index contributed by atoms with van der Waals surface area (Å²) in [6, 6.07) is 10.9. The molecule has 0 saturated heterocycles. The molecule has 0 aliphatic rings. The molecule has 1 N–H and O–H groups in total. The Bertz CT molecular complexity index is 581. The van der Waals surface area contributed by atoms with E-state index in [-0.39, 0.29) is 5.82 Å². The van der Waals surface area contributed by atoms with Gasteiger partial charge in [-0.25, -0.2) is 4.39 Å². The van der Waals surface area contributed by atoms with E-state index in [1.807, 2.05) is 0 Å². The zero-order valence-electron chi connectivity index (χ0n) is 12.3. The monoisotopic (exact) mass is 272 g/mol. The van der Waals surface area contributed by atoms with Crippen LogP contribution < -0.4 is 0 Å². The average Bonchev–Trinajstić information content (AvgIpc) is 2.36. The van der Waals surface area contributed by atoms with Crippen LogP contribution >= 0.6 is 0 Å². The molecular formula is C18H21FO. The normalized spacial score (nSPS) is 12.4. The van der Waals surface area contributed by atoms with Gasteiger partial charge in [0.2, 0.25) is 0 Å². The van der Waals surface area contributed by atoms with Gasteiger partial charge in [0.25, 0.3) is 0 Å². The van der Waals surface area contributed by atoms with E-state index >= 15 is 0 Å². The van der Waals surface area contributed by atoms with Crippen molar-refractivity contribution in [2.45, 2.75) is 39.7 Å². The van der Waals surface area contributed by atoms with E-state index in [0.29, 0.717) is 18.4 Å². The van der Waals surface area contributed by atoms with Crippen LogP contribution in [0.2, 0.25) is 0 Å². The molecular weight excluding hydrogens is 251 g/mol. The minimum Gasteiger partial charge on any atom is -0.392 e. The highest BCUT2D eigenvalue weighted by Gasteiger charge is 2.13. The molecule has 0 heterocycles. The van der Waals surface area contributed by atoms with Gasteiger partial charge in [-0.05, 0) is 55.5 Å². The van der Waals surface area contributed by atoms with E-state index in [1.165, 1.54) is 28.3 Å². The van der Waals surface area contributed by atoms with Crippen molar-refractivity contribution in [3.8, 4) is 0 Å². The summed E-state index contributed by atoms with van der Waals surface area (Å²) >= 11 is 0. The van der Waals surface area contributed by atoms with Crippen LogP contribution in [0.25, 0.3) is 0 Å². The Hall–Kier alpha value is -1.67. The number of aryl methyl sites for hydroxylation is 3. The van der Waals surface area contributed by atoms with Crippen LogP contribution in [0.4, 0.5) is 4.39 Å². The van der Waals surface area contributed by atoms with Crippen LogP contribution in [-0.4, -0.2) is 11.2 Å². The first kappa shape index (κ1) is 14.7. The quantitative estimate of drug-likeness (QED) is 0.895. The van der Waals surface area contributed by atoms with Crippen LogP contribution in [0, 0.1) is 26.6 Å². The van der Waals surface area contributed by atoms with Gasteiger partial charge in [0, 0.05) is 6.42 Å². The van der Waals surface area contributed by atoms with Crippen molar-refractivity contribution in [2.24, 2.45) is 0 Å². The second kappa shape index (κ2) is 6.19. The largest absolute Gasteiger partial charge is 0.392 e. The smallest absolute Gasteiger partial charge is 0.126 e. The molecule has 2 rings (SSSR count). The first-order chi connectivity index (χ1) is 9.47. The molecule has 0 radical (unpaired) electrons. The summed E-state index contributed by atoms with van der Waals surface area (Å²) in [4.78, 5) is 0. The van der Waals surface area contributed by atoms with E-state index in [2.05, 4.69) is 32.9 Å². The molecule has 1 unspecified atom stereocenters. The predicted octanol–water partition coefficient (Wildman–Crippen LogP) is 3.90. The maximum Gasteiger partial charge on any atom is 0.126 e. The van der Waals surface area contributed by atoms with Gasteiger partial charge in [0.15, 0.2) is 0 Å². The summed E-state index contributed by atoms with van der Waals surface area (Å²) in [5.74, 6) is -0.246. The molecule has 0 aliphatic carbocycles. The molecule has 2 aromatic rings. The summed E-state index contributed by atoms with van der Waals surface area (Å²) in [6.45, 7) is 6.19. The number of halogens is 1. The topological polar surface area (TPSA) is 20.2 Å². The van der Waals surface area contributed by atoms with Gasteiger partial charge in [-0.3, -0.25) is 0 Å². The van der Waals surface area contributed by atoms with E-state index in [0.717, 1.165) is 0 Å². The number of aliphatic hydroxyl groups is 1. The summed E-state index contributed by atoms with van der Waals surface area (Å²) in [5, 5.41) is 10.2. The minimum absolute atomic E-state index is 0.246. The fourth-order valence-corrected chi connectivity index (χ4v) is 2.76. The van der Waals surface area contributed by atoms with Crippen LogP contribution in [-0.2, 0) is 12.8 Å². The first-order valence-corrected chi connectivity index (χ1v) is 6.95. The Labute approximate surface area is 120 Å². The number of aliphatic hydroxyl groups excluding tert-OH is 1. The van der Waals surface area contributed by atoms with Crippen LogP contribution in [0.15, 0.2) is 36.4 Å². The van der Waals surface area contributed by atoms with Crippen molar-refractivity contribution in [2.75, 3.05) is 0 Å². The molecule has 20 heavy (non-hydrogen) atoms. The summed E-state index contributed by atoms with van der Waals surface area (Å²) in [7, 11) is 0. The summed E-state index contributed by atoms with van der Waals surface area (Å²) < 4.78 is 13.6. The zero-order chi connectivity index (χ0) is 14.7. The van der Waals surface area contributed by atoms with E-state index in [9.17, 15) is 9.50 Å². The van der Waals surface area contributed by atoms with Gasteiger partial charge in [-0.2, -0.15) is 0 Å². The Kier molecular flexibility index (Phi) is 4.56. The van der Waals surface area contributed by atoms with Crippen molar-refractivity contribution in [1.29, 1.82) is 0 Å². The van der Waals surface area contributed by atoms with Gasteiger partial charge in [-0.15, -0.1) is 0 Å². The van der Waals surface area contributed by atoms with Crippen molar-refractivity contribution >= 4 is 0 Å². The average molecular weight is 272 g/mol. The van der Waals surface area contributed by atoms with Crippen LogP contribution in [0.5, 0.6) is 0 Å². The molecule has 2 heteroatoms. The molecule has 1 atom stereocenters. The Balaban J connectivity index is 2.13. The lowest BCUT2D eigenvalue weighted by Crippen LogP contribution is -2.16. The number of rotatable bonds is 4. The third-order valence-electron chi connectivity index (χ3n) is 3.69. The third-order valence-corrected chi connectivity index (χ3v) is 3.69. The predicted molar refractivity (Wildman–Crippen MR) is 80.5 cm³/mol. The third kappa shape index (κ3) is 3.45. The fourth-order valence-electron chi connectivity index (χ4n) is 2.76. The molecule has 1 nitrogen and oxygen atoms in total. The van der Waals surface area contributed by atoms with E-state index < -0.39 is 6.10 Å². The van der Waals surface area contributed by atoms with Gasteiger partial charge < -0.3 is 5.11 Å². The molecule has 0 fully saturated rings. The maximum atomic E-state index is 13.6. The minimum atomic E-state index is -0.563. The first-order valence-electron chi connectivity index (χ1n) is 6.95. The highest BCUT2D eigenvalue weighted by atomic mass is 19.1. The SMILES string of the molecule is Cc1cc(C)c(CC(O)Cc2ccccc2F)c(C)c1. The maximum absolute atomic E-state index is 13.6. The lowest BCUT2D eigenvalue weighted by Gasteiger charge is -2.16. The van der Waals surface area contributed by atoms with Gasteiger partial charge in [-0.1, -0.05) is 35.9 Å². The van der Waals surface area contributed by atoms with Gasteiger partial charge in [0.1, 0.15) is 5.82 Å². The van der Waals surface area contributed by atoms with Crippen molar-refractivity contribution in [3.63, 3.8) is 0 Å². The van der Waals surface area contributed by atoms with Crippen molar-refractivity contribution < 1.29 is 9.50 Å². The Morgan fingerprint density at radius 1 is 1.00 bits per heavy atom. The number of benzene rings is 2. The summed E-state index contributed by atoms with van der Waals surface area (Å²) in [5.41, 5.74) is 5.35. The van der Waals surface area contributed by atoms with Gasteiger partial charge in [0.05, 0.1) is 6.10 Å². The van der Waals surface area contributed by atoms with E-state index in [1.54, 1.807) is 18.2 Å². The lowest BCUT2D eigenvalue weighted by molar-refractivity contribution is 0.173. The Morgan fingerprint density at radius 2 is 1.60 bits per heavy atom. The lowest BCUT2D eigenvalue weighted by atomic mass is 9.93. The highest BCUT2D eigenvalue weighted by molar-refractivity contribution is 5.38.